The van der Waals surface area contributed by atoms with Gasteiger partial charge >= 0.3 is 5.97 Å². The average Bonchev–Trinajstić information content (AvgIpc) is 2.17. The molecule has 1 unspecified atom stereocenters. The van der Waals surface area contributed by atoms with E-state index in [1.165, 1.54) is 12.4 Å². The van der Waals surface area contributed by atoms with Crippen LogP contribution in [0.5, 0.6) is 0 Å². The van der Waals surface area contributed by atoms with E-state index in [4.69, 9.17) is 5.11 Å². The van der Waals surface area contributed by atoms with Gasteiger partial charge in [-0.3, -0.25) is 14.6 Å². The lowest BCUT2D eigenvalue weighted by Gasteiger charge is -2.15. The van der Waals surface area contributed by atoms with Crippen molar-refractivity contribution >= 4 is 17.6 Å². The zero-order valence-corrected chi connectivity index (χ0v) is 9.18. The van der Waals surface area contributed by atoms with Gasteiger partial charge in [0.25, 0.3) is 0 Å². The summed E-state index contributed by atoms with van der Waals surface area (Å²) in [6.45, 7) is 3.40. The quantitative estimate of drug-likeness (QED) is 0.754. The molecule has 0 saturated heterocycles. The van der Waals surface area contributed by atoms with Crippen molar-refractivity contribution < 1.29 is 14.7 Å². The summed E-state index contributed by atoms with van der Waals surface area (Å²) >= 11 is 0. The Morgan fingerprint density at radius 3 is 2.31 bits per heavy atom. The van der Waals surface area contributed by atoms with Crippen LogP contribution in [0.25, 0.3) is 0 Å². The third kappa shape index (κ3) is 3.05. The molecule has 5 heteroatoms. The van der Waals surface area contributed by atoms with E-state index in [0.29, 0.717) is 5.69 Å². The highest BCUT2D eigenvalue weighted by molar-refractivity contribution is 6.04. The maximum atomic E-state index is 11.7. The van der Waals surface area contributed by atoms with Gasteiger partial charge in [0.2, 0.25) is 5.91 Å². The summed E-state index contributed by atoms with van der Waals surface area (Å²) in [7, 11) is 0. The molecule has 0 spiro atoms. The van der Waals surface area contributed by atoms with Crippen molar-refractivity contribution in [1.82, 2.24) is 4.98 Å². The summed E-state index contributed by atoms with van der Waals surface area (Å²) in [6.07, 6.45) is 3.06. The van der Waals surface area contributed by atoms with Crippen molar-refractivity contribution in [3.05, 3.63) is 24.5 Å². The summed E-state index contributed by atoms with van der Waals surface area (Å²) < 4.78 is 0. The lowest BCUT2D eigenvalue weighted by molar-refractivity contribution is -0.147. The van der Waals surface area contributed by atoms with E-state index in [2.05, 4.69) is 10.3 Å². The zero-order chi connectivity index (χ0) is 12.1. The molecular weight excluding hydrogens is 208 g/mol. The van der Waals surface area contributed by atoms with Crippen LogP contribution >= 0.6 is 0 Å². The summed E-state index contributed by atoms with van der Waals surface area (Å²) in [6, 6.07) is 3.22. The number of carbonyl (C=O) groups is 2. The normalized spacial score (nSPS) is 12.2. The molecule has 1 aromatic rings. The molecular formula is C11H14N2O3. The minimum Gasteiger partial charge on any atom is -0.481 e. The van der Waals surface area contributed by atoms with Gasteiger partial charge in [-0.05, 0) is 18.1 Å². The van der Waals surface area contributed by atoms with E-state index >= 15 is 0 Å². The highest BCUT2D eigenvalue weighted by Gasteiger charge is 2.29. The van der Waals surface area contributed by atoms with Crippen LogP contribution in [0.15, 0.2) is 24.5 Å². The standard InChI is InChI=1S/C11H14N2O3/c1-7(2)9(11(15)16)10(14)13-8-3-5-12-6-4-8/h3-7,9H,1-2H3,(H,15,16)(H,12,13,14). The summed E-state index contributed by atoms with van der Waals surface area (Å²) in [5.41, 5.74) is 0.548. The number of hydrogen-bond acceptors (Lipinski definition) is 3. The molecule has 5 nitrogen and oxygen atoms in total. The Bertz CT molecular complexity index is 376. The van der Waals surface area contributed by atoms with E-state index in [0.717, 1.165) is 0 Å². The highest BCUT2D eigenvalue weighted by atomic mass is 16.4. The Kier molecular flexibility index (Phi) is 3.99. The minimum absolute atomic E-state index is 0.251. The van der Waals surface area contributed by atoms with Gasteiger partial charge in [0, 0.05) is 18.1 Å². The van der Waals surface area contributed by atoms with Crippen LogP contribution in [0.4, 0.5) is 5.69 Å². The SMILES string of the molecule is CC(C)C(C(=O)O)C(=O)Nc1ccncc1. The first kappa shape index (κ1) is 12.2. The van der Waals surface area contributed by atoms with Gasteiger partial charge in [-0.2, -0.15) is 0 Å². The highest BCUT2D eigenvalue weighted by Crippen LogP contribution is 2.14. The number of carboxylic acids is 1. The largest absolute Gasteiger partial charge is 0.481 e. The number of carboxylic acid groups (broad SMARTS) is 1. The topological polar surface area (TPSA) is 79.3 Å². The van der Waals surface area contributed by atoms with Gasteiger partial charge in [-0.15, -0.1) is 0 Å². The number of pyridine rings is 1. The average molecular weight is 222 g/mol. The van der Waals surface area contributed by atoms with Crippen molar-refractivity contribution in [1.29, 1.82) is 0 Å². The fraction of sp³-hybridized carbons (Fsp3) is 0.364. The predicted molar refractivity (Wildman–Crippen MR) is 58.8 cm³/mol. The van der Waals surface area contributed by atoms with Crippen LogP contribution < -0.4 is 5.32 Å². The second-order valence-electron chi connectivity index (χ2n) is 3.79. The van der Waals surface area contributed by atoms with Gasteiger partial charge < -0.3 is 10.4 Å². The van der Waals surface area contributed by atoms with Crippen LogP contribution in [0, 0.1) is 11.8 Å². The first-order valence-corrected chi connectivity index (χ1v) is 4.96. The Hall–Kier alpha value is -1.91. The van der Waals surface area contributed by atoms with E-state index in [-0.39, 0.29) is 5.92 Å². The number of amides is 1. The maximum Gasteiger partial charge on any atom is 0.316 e. The predicted octanol–water partition coefficient (Wildman–Crippen LogP) is 1.38. The molecule has 1 aromatic heterocycles. The molecule has 0 radical (unpaired) electrons. The van der Waals surface area contributed by atoms with Gasteiger partial charge in [0.1, 0.15) is 5.92 Å². The van der Waals surface area contributed by atoms with Gasteiger partial charge in [-0.1, -0.05) is 13.8 Å². The van der Waals surface area contributed by atoms with Crippen molar-refractivity contribution in [3.63, 3.8) is 0 Å². The van der Waals surface area contributed by atoms with E-state index < -0.39 is 17.8 Å². The third-order valence-corrected chi connectivity index (χ3v) is 2.16. The minimum atomic E-state index is -1.11. The number of hydrogen-bond donors (Lipinski definition) is 2. The van der Waals surface area contributed by atoms with Gasteiger partial charge in [0.15, 0.2) is 0 Å². The Morgan fingerprint density at radius 1 is 1.31 bits per heavy atom. The number of nitrogens with one attached hydrogen (secondary N) is 1. The molecule has 2 N–H and O–H groups in total. The molecule has 1 amide bonds. The fourth-order valence-corrected chi connectivity index (χ4v) is 1.36. The summed E-state index contributed by atoms with van der Waals surface area (Å²) in [5.74, 6) is -2.90. The molecule has 0 aliphatic heterocycles. The molecule has 0 aliphatic rings. The molecule has 16 heavy (non-hydrogen) atoms. The molecule has 0 aliphatic carbocycles. The number of anilines is 1. The lowest BCUT2D eigenvalue weighted by Crippen LogP contribution is -2.33. The number of aliphatic carboxylic acids is 1. The number of rotatable bonds is 4. The molecule has 0 bridgehead atoms. The first-order valence-electron chi connectivity index (χ1n) is 4.96. The molecule has 0 aromatic carbocycles. The van der Waals surface area contributed by atoms with E-state index in [1.807, 2.05) is 0 Å². The summed E-state index contributed by atoms with van der Waals surface area (Å²) in [4.78, 5) is 26.4. The molecule has 0 fully saturated rings. The number of aromatic nitrogens is 1. The van der Waals surface area contributed by atoms with Crippen molar-refractivity contribution in [2.24, 2.45) is 11.8 Å². The molecule has 1 atom stereocenters. The zero-order valence-electron chi connectivity index (χ0n) is 9.18. The Balaban J connectivity index is 2.74. The monoisotopic (exact) mass is 222 g/mol. The fourth-order valence-electron chi connectivity index (χ4n) is 1.36. The number of carbonyl (C=O) groups excluding carboxylic acids is 1. The van der Waals surface area contributed by atoms with Crippen LogP contribution in [0.3, 0.4) is 0 Å². The van der Waals surface area contributed by atoms with E-state index in [1.54, 1.807) is 26.0 Å². The first-order chi connectivity index (χ1) is 7.52. The third-order valence-electron chi connectivity index (χ3n) is 2.16. The maximum absolute atomic E-state index is 11.7. The van der Waals surface area contributed by atoms with Crippen molar-refractivity contribution in [3.8, 4) is 0 Å². The van der Waals surface area contributed by atoms with Gasteiger partial charge in [0.05, 0.1) is 0 Å². The molecule has 1 heterocycles. The second kappa shape index (κ2) is 5.25. The smallest absolute Gasteiger partial charge is 0.316 e. The number of nitrogens with zero attached hydrogens (tertiary/aromatic N) is 1. The molecule has 1 rings (SSSR count). The summed E-state index contributed by atoms with van der Waals surface area (Å²) in [5, 5.41) is 11.5. The Labute approximate surface area is 93.5 Å². The van der Waals surface area contributed by atoms with E-state index in [9.17, 15) is 9.59 Å². The van der Waals surface area contributed by atoms with Crippen LogP contribution in [0.1, 0.15) is 13.8 Å². The van der Waals surface area contributed by atoms with Crippen molar-refractivity contribution in [2.45, 2.75) is 13.8 Å². The van der Waals surface area contributed by atoms with Crippen LogP contribution in [-0.2, 0) is 9.59 Å². The van der Waals surface area contributed by atoms with Crippen LogP contribution in [0.2, 0.25) is 0 Å². The van der Waals surface area contributed by atoms with Crippen molar-refractivity contribution in [2.75, 3.05) is 5.32 Å². The lowest BCUT2D eigenvalue weighted by atomic mass is 9.95. The molecule has 0 saturated carbocycles. The molecule has 86 valence electrons. The second-order valence-corrected chi connectivity index (χ2v) is 3.79. The Morgan fingerprint density at radius 2 is 1.88 bits per heavy atom. The van der Waals surface area contributed by atoms with Gasteiger partial charge in [-0.25, -0.2) is 0 Å². The van der Waals surface area contributed by atoms with Crippen LogP contribution in [-0.4, -0.2) is 22.0 Å².